The molecule has 0 aliphatic carbocycles. The summed E-state index contributed by atoms with van der Waals surface area (Å²) >= 11 is 11.1. The standard InChI is InChI=1S/C10H7NO2.C7H5Cl2NO4S/c12-9-6-7-10(13)11(9)8-4-2-1-3-5-8;8-4-2-5(9)6(15(10,13)14)1-3(4)7(11)12/h1-7H;1-2H,(H,11,12)(H2,10,13,14). The van der Waals surface area contributed by atoms with Crippen LogP contribution in [0, 0.1) is 0 Å². The number of hydrogen-bond donors (Lipinski definition) is 2. The molecule has 0 atom stereocenters. The van der Waals surface area contributed by atoms with Gasteiger partial charge in [-0.25, -0.2) is 23.3 Å². The number of nitrogens with zero attached hydrogens (tertiary/aromatic N) is 1. The van der Waals surface area contributed by atoms with Crippen molar-refractivity contribution in [2.45, 2.75) is 4.90 Å². The number of nitrogens with two attached hydrogens (primary N) is 1. The molecule has 146 valence electrons. The fourth-order valence-corrected chi connectivity index (χ4v) is 3.54. The highest BCUT2D eigenvalue weighted by atomic mass is 35.5. The second-order valence-corrected chi connectivity index (χ2v) is 7.64. The molecule has 28 heavy (non-hydrogen) atoms. The fraction of sp³-hybridized carbons (Fsp3) is 0. The van der Waals surface area contributed by atoms with Gasteiger partial charge in [-0.2, -0.15) is 0 Å². The lowest BCUT2D eigenvalue weighted by molar-refractivity contribution is -0.119. The van der Waals surface area contributed by atoms with Gasteiger partial charge < -0.3 is 5.11 Å². The fourth-order valence-electron chi connectivity index (χ4n) is 2.14. The minimum atomic E-state index is -4.06. The number of hydrogen-bond acceptors (Lipinski definition) is 5. The third-order valence-corrected chi connectivity index (χ3v) is 5.07. The average Bonchev–Trinajstić information content (AvgIpc) is 2.93. The van der Waals surface area contributed by atoms with Gasteiger partial charge in [-0.15, -0.1) is 0 Å². The minimum Gasteiger partial charge on any atom is -0.478 e. The van der Waals surface area contributed by atoms with E-state index in [1.807, 2.05) is 6.07 Å². The zero-order valence-corrected chi connectivity index (χ0v) is 16.2. The van der Waals surface area contributed by atoms with Crippen LogP contribution < -0.4 is 10.0 Å². The van der Waals surface area contributed by atoms with Crippen LogP contribution in [-0.2, 0) is 19.6 Å². The molecule has 2 aromatic carbocycles. The van der Waals surface area contributed by atoms with Crippen LogP contribution in [0.15, 0.2) is 59.5 Å². The maximum atomic E-state index is 11.2. The Morgan fingerprint density at radius 1 is 0.964 bits per heavy atom. The highest BCUT2D eigenvalue weighted by molar-refractivity contribution is 7.89. The molecule has 1 heterocycles. The van der Waals surface area contributed by atoms with Crippen molar-refractivity contribution in [3.8, 4) is 0 Å². The van der Waals surface area contributed by atoms with Crippen LogP contribution in [0.2, 0.25) is 10.0 Å². The Hall–Kier alpha value is -2.72. The Morgan fingerprint density at radius 3 is 1.96 bits per heavy atom. The largest absolute Gasteiger partial charge is 0.478 e. The molecule has 0 fully saturated rings. The highest BCUT2D eigenvalue weighted by Crippen LogP contribution is 2.27. The van der Waals surface area contributed by atoms with E-state index in [4.69, 9.17) is 33.4 Å². The van der Waals surface area contributed by atoms with Crippen LogP contribution >= 0.6 is 23.2 Å². The van der Waals surface area contributed by atoms with Gasteiger partial charge in [0.1, 0.15) is 4.90 Å². The van der Waals surface area contributed by atoms with E-state index < -0.39 is 20.9 Å². The summed E-state index contributed by atoms with van der Waals surface area (Å²) in [7, 11) is -4.06. The molecule has 2 amide bonds. The number of aromatic carboxylic acids is 1. The molecule has 3 rings (SSSR count). The Morgan fingerprint density at radius 2 is 1.50 bits per heavy atom. The SMILES string of the molecule is NS(=O)(=O)c1cc(C(=O)O)c(Cl)cc1Cl.O=C1C=CC(=O)N1c1ccccc1. The van der Waals surface area contributed by atoms with Crippen LogP contribution in [0.3, 0.4) is 0 Å². The van der Waals surface area contributed by atoms with Gasteiger partial charge in [0.25, 0.3) is 11.8 Å². The number of rotatable bonds is 3. The van der Waals surface area contributed by atoms with Crippen molar-refractivity contribution in [3.63, 3.8) is 0 Å². The summed E-state index contributed by atoms with van der Waals surface area (Å²) in [5.41, 5.74) is 0.243. The number of primary sulfonamides is 1. The smallest absolute Gasteiger partial charge is 0.337 e. The molecular weight excluding hydrogens is 431 g/mol. The molecule has 11 heteroatoms. The molecule has 1 aliphatic rings. The van der Waals surface area contributed by atoms with Crippen molar-refractivity contribution in [2.75, 3.05) is 4.90 Å². The quantitative estimate of drug-likeness (QED) is 0.700. The zero-order chi connectivity index (χ0) is 21.1. The summed E-state index contributed by atoms with van der Waals surface area (Å²) in [4.78, 5) is 33.7. The number of carbonyl (C=O) groups is 3. The first-order chi connectivity index (χ1) is 13.0. The Kier molecular flexibility index (Phi) is 6.57. The van der Waals surface area contributed by atoms with Gasteiger partial charge in [0.15, 0.2) is 0 Å². The number of carboxylic acid groups (broad SMARTS) is 1. The van der Waals surface area contributed by atoms with Crippen LogP contribution in [-0.4, -0.2) is 31.3 Å². The molecule has 0 saturated heterocycles. The number of imide groups is 1. The van der Waals surface area contributed by atoms with E-state index in [0.717, 1.165) is 17.0 Å². The third-order valence-electron chi connectivity index (χ3n) is 3.38. The van der Waals surface area contributed by atoms with Gasteiger partial charge in [0.2, 0.25) is 10.0 Å². The number of halogens is 2. The molecule has 0 unspecified atom stereocenters. The third kappa shape index (κ3) is 4.96. The van der Waals surface area contributed by atoms with Crippen molar-refractivity contribution < 1.29 is 27.9 Å². The van der Waals surface area contributed by atoms with Gasteiger partial charge in [-0.1, -0.05) is 41.4 Å². The van der Waals surface area contributed by atoms with E-state index in [2.05, 4.69) is 0 Å². The first-order valence-electron chi connectivity index (χ1n) is 7.38. The van der Waals surface area contributed by atoms with Crippen molar-refractivity contribution >= 4 is 56.7 Å². The zero-order valence-electron chi connectivity index (χ0n) is 13.9. The van der Waals surface area contributed by atoms with Crippen molar-refractivity contribution in [2.24, 2.45) is 5.14 Å². The van der Waals surface area contributed by atoms with Gasteiger partial charge in [0.05, 0.1) is 21.3 Å². The lowest BCUT2D eigenvalue weighted by Gasteiger charge is -2.12. The second-order valence-electron chi connectivity index (χ2n) is 5.29. The predicted molar refractivity (Wildman–Crippen MR) is 103 cm³/mol. The maximum absolute atomic E-state index is 11.2. The number of benzene rings is 2. The first-order valence-corrected chi connectivity index (χ1v) is 9.69. The van der Waals surface area contributed by atoms with Gasteiger partial charge in [-0.05, 0) is 24.3 Å². The highest BCUT2D eigenvalue weighted by Gasteiger charge is 2.24. The normalized spacial score (nSPS) is 13.3. The molecule has 1 aliphatic heterocycles. The number of anilines is 1. The molecule has 0 spiro atoms. The van der Waals surface area contributed by atoms with E-state index in [1.54, 1.807) is 24.3 Å². The van der Waals surface area contributed by atoms with Gasteiger partial charge in [0, 0.05) is 12.2 Å². The van der Waals surface area contributed by atoms with Crippen LogP contribution in [0.25, 0.3) is 0 Å². The lowest BCUT2D eigenvalue weighted by Crippen LogP contribution is -2.29. The Bertz CT molecular complexity index is 1070. The van der Waals surface area contributed by atoms with Crippen LogP contribution in [0.4, 0.5) is 5.69 Å². The summed E-state index contributed by atoms with van der Waals surface area (Å²) in [6.45, 7) is 0. The van der Waals surface area contributed by atoms with Crippen molar-refractivity contribution in [1.29, 1.82) is 0 Å². The number of para-hydroxylation sites is 1. The number of sulfonamides is 1. The maximum Gasteiger partial charge on any atom is 0.337 e. The molecule has 0 bridgehead atoms. The Labute approximate surface area is 169 Å². The monoisotopic (exact) mass is 442 g/mol. The molecule has 0 radical (unpaired) electrons. The van der Waals surface area contributed by atoms with Crippen molar-refractivity contribution in [1.82, 2.24) is 0 Å². The topological polar surface area (TPSA) is 135 Å². The minimum absolute atomic E-state index is 0.153. The second kappa shape index (κ2) is 8.53. The van der Waals surface area contributed by atoms with E-state index >= 15 is 0 Å². The number of carboxylic acids is 1. The summed E-state index contributed by atoms with van der Waals surface area (Å²) in [6.07, 6.45) is 2.55. The molecular formula is C17H12Cl2N2O6S. The summed E-state index contributed by atoms with van der Waals surface area (Å²) in [6, 6.07) is 10.7. The lowest BCUT2D eigenvalue weighted by atomic mass is 10.2. The van der Waals surface area contributed by atoms with E-state index in [9.17, 15) is 22.8 Å². The average molecular weight is 443 g/mol. The summed E-state index contributed by atoms with van der Waals surface area (Å²) in [5, 5.41) is 13.1. The Balaban J connectivity index is 0.000000202. The number of carbonyl (C=O) groups excluding carboxylic acids is 2. The van der Waals surface area contributed by atoms with Crippen molar-refractivity contribution in [3.05, 3.63) is 70.2 Å². The first kappa shape index (κ1) is 21.6. The molecule has 0 saturated carbocycles. The van der Waals surface area contributed by atoms with E-state index in [0.29, 0.717) is 5.69 Å². The van der Waals surface area contributed by atoms with Gasteiger partial charge in [-0.3, -0.25) is 9.59 Å². The van der Waals surface area contributed by atoms with Crippen LogP contribution in [0.5, 0.6) is 0 Å². The summed E-state index contributed by atoms with van der Waals surface area (Å²) in [5.74, 6) is -1.92. The molecule has 2 aromatic rings. The summed E-state index contributed by atoms with van der Waals surface area (Å²) < 4.78 is 22.0. The van der Waals surface area contributed by atoms with E-state index in [-0.39, 0.29) is 27.4 Å². The van der Waals surface area contributed by atoms with Crippen LogP contribution in [0.1, 0.15) is 10.4 Å². The van der Waals surface area contributed by atoms with E-state index in [1.165, 1.54) is 12.2 Å². The van der Waals surface area contributed by atoms with Gasteiger partial charge >= 0.3 is 5.97 Å². The predicted octanol–water partition coefficient (Wildman–Crippen LogP) is 2.46. The number of amides is 2. The molecule has 0 aromatic heterocycles. The molecule has 3 N–H and O–H groups in total. The molecule has 8 nitrogen and oxygen atoms in total.